The summed E-state index contributed by atoms with van der Waals surface area (Å²) in [6.07, 6.45) is 0.937. The zero-order valence-corrected chi connectivity index (χ0v) is 10.4. The zero-order chi connectivity index (χ0) is 10.0. The Hall–Kier alpha value is -0.220. The summed E-state index contributed by atoms with van der Waals surface area (Å²) in [5.41, 5.74) is 1.13. The van der Waals surface area contributed by atoms with Crippen molar-refractivity contribution < 1.29 is 0 Å². The Morgan fingerprint density at radius 3 is 2.62 bits per heavy atom. The molecule has 0 unspecified atom stereocenters. The third kappa shape index (κ3) is 2.38. The average molecular weight is 261 g/mol. The molecule has 0 fully saturated rings. The lowest BCUT2D eigenvalue weighted by Gasteiger charge is -2.08. The smallest absolute Gasteiger partial charge is 0.144 e. The van der Waals surface area contributed by atoms with Gasteiger partial charge in [-0.3, -0.25) is 0 Å². The third-order valence-corrected chi connectivity index (χ3v) is 3.27. The lowest BCUT2D eigenvalue weighted by atomic mass is 10.2. The molecule has 0 bridgehead atoms. The molecule has 1 aromatic rings. The fraction of sp³-hybridized carbons (Fsp3) is 0.556. The van der Waals surface area contributed by atoms with Crippen molar-refractivity contribution in [2.75, 3.05) is 0 Å². The molecule has 72 valence electrons. The van der Waals surface area contributed by atoms with Gasteiger partial charge in [0.05, 0.1) is 4.47 Å². The maximum Gasteiger partial charge on any atom is 0.144 e. The monoisotopic (exact) mass is 260 g/mol. The highest BCUT2D eigenvalue weighted by Crippen LogP contribution is 2.18. The first kappa shape index (κ1) is 10.9. The molecular formula is C9H13BrN2S. The molecule has 0 aliphatic rings. The van der Waals surface area contributed by atoms with Crippen molar-refractivity contribution in [3.8, 4) is 0 Å². The fourth-order valence-corrected chi connectivity index (χ4v) is 1.73. The van der Waals surface area contributed by atoms with Crippen molar-refractivity contribution >= 4 is 28.1 Å². The molecule has 13 heavy (non-hydrogen) atoms. The molecule has 0 amide bonds. The highest BCUT2D eigenvalue weighted by atomic mass is 79.9. The molecule has 0 aromatic carbocycles. The molecule has 0 aliphatic carbocycles. The van der Waals surface area contributed by atoms with E-state index in [2.05, 4.69) is 46.7 Å². The van der Waals surface area contributed by atoms with Crippen molar-refractivity contribution in [2.24, 2.45) is 0 Å². The van der Waals surface area contributed by atoms with E-state index in [0.29, 0.717) is 10.6 Å². The molecule has 2 nitrogen and oxygen atoms in total. The van der Waals surface area contributed by atoms with E-state index in [4.69, 9.17) is 12.2 Å². The first-order valence-electron chi connectivity index (χ1n) is 4.34. The van der Waals surface area contributed by atoms with Crippen LogP contribution in [0.3, 0.4) is 0 Å². The van der Waals surface area contributed by atoms with Gasteiger partial charge in [-0.15, -0.1) is 0 Å². The summed E-state index contributed by atoms with van der Waals surface area (Å²) in [4.78, 5) is 7.57. The highest BCUT2D eigenvalue weighted by Gasteiger charge is 2.06. The van der Waals surface area contributed by atoms with E-state index < -0.39 is 0 Å². The van der Waals surface area contributed by atoms with Gasteiger partial charge in [0.15, 0.2) is 0 Å². The Kier molecular flexibility index (Phi) is 3.62. The minimum absolute atomic E-state index is 0.389. The topological polar surface area (TPSA) is 28.7 Å². The number of nitrogens with zero attached hydrogens (tertiary/aromatic N) is 1. The molecular weight excluding hydrogens is 248 g/mol. The quantitative estimate of drug-likeness (QED) is 0.824. The number of nitrogens with one attached hydrogen (secondary N) is 1. The van der Waals surface area contributed by atoms with Crippen molar-refractivity contribution in [3.63, 3.8) is 0 Å². The van der Waals surface area contributed by atoms with E-state index in [0.717, 1.165) is 22.4 Å². The molecule has 0 radical (unpaired) electrons. The second-order valence-electron chi connectivity index (χ2n) is 3.23. The van der Waals surface area contributed by atoms with Crippen LogP contribution >= 0.6 is 28.1 Å². The Morgan fingerprint density at radius 1 is 1.54 bits per heavy atom. The highest BCUT2D eigenvalue weighted by molar-refractivity contribution is 9.10. The zero-order valence-electron chi connectivity index (χ0n) is 8.02. The molecule has 1 N–H and O–H groups in total. The predicted molar refractivity (Wildman–Crippen MR) is 60.6 cm³/mol. The summed E-state index contributed by atoms with van der Waals surface area (Å²) >= 11 is 8.56. The Balaban J connectivity index is 3.31. The molecule has 4 heteroatoms. The molecule has 1 aromatic heterocycles. The van der Waals surface area contributed by atoms with Crippen molar-refractivity contribution in [1.82, 2.24) is 9.97 Å². The van der Waals surface area contributed by atoms with E-state index >= 15 is 0 Å². The van der Waals surface area contributed by atoms with Gasteiger partial charge in [-0.1, -0.05) is 33.0 Å². The molecule has 0 aliphatic heterocycles. The maximum absolute atomic E-state index is 5.14. The van der Waals surface area contributed by atoms with Crippen LogP contribution in [0.2, 0.25) is 0 Å². The number of hydrogen-bond acceptors (Lipinski definition) is 2. The van der Waals surface area contributed by atoms with Gasteiger partial charge in [-0.25, -0.2) is 4.98 Å². The SMILES string of the molecule is CCc1[nH]c(C(C)C)nc(=S)c1Br. The van der Waals surface area contributed by atoms with Crippen LogP contribution in [0.25, 0.3) is 0 Å². The first-order chi connectivity index (χ1) is 6.06. The van der Waals surface area contributed by atoms with Crippen LogP contribution in [0.5, 0.6) is 0 Å². The maximum atomic E-state index is 5.14. The van der Waals surface area contributed by atoms with Crippen LogP contribution in [0, 0.1) is 4.64 Å². The Morgan fingerprint density at radius 2 is 2.15 bits per heavy atom. The number of aromatic nitrogens is 2. The summed E-state index contributed by atoms with van der Waals surface area (Å²) in [5, 5.41) is 0. The number of halogens is 1. The van der Waals surface area contributed by atoms with E-state index in [-0.39, 0.29) is 0 Å². The number of H-pyrrole nitrogens is 1. The molecule has 1 rings (SSSR count). The number of rotatable bonds is 2. The van der Waals surface area contributed by atoms with Gasteiger partial charge in [0, 0.05) is 11.6 Å². The van der Waals surface area contributed by atoms with Gasteiger partial charge >= 0.3 is 0 Å². The van der Waals surface area contributed by atoms with Crippen LogP contribution in [-0.4, -0.2) is 9.97 Å². The Labute approximate surface area is 91.9 Å². The standard InChI is InChI=1S/C9H13BrN2S/c1-4-6-7(10)9(13)12-8(11-6)5(2)3/h5H,4H2,1-3H3,(H,11,12,13). The van der Waals surface area contributed by atoms with E-state index in [1.54, 1.807) is 0 Å². The second-order valence-corrected chi connectivity index (χ2v) is 4.41. The third-order valence-electron chi connectivity index (χ3n) is 1.85. The summed E-state index contributed by atoms with van der Waals surface area (Å²) in [6, 6.07) is 0. The van der Waals surface area contributed by atoms with Gasteiger partial charge in [-0.2, -0.15) is 0 Å². The van der Waals surface area contributed by atoms with Crippen molar-refractivity contribution in [2.45, 2.75) is 33.1 Å². The fourth-order valence-electron chi connectivity index (χ4n) is 1.04. The molecule has 1 heterocycles. The van der Waals surface area contributed by atoms with Gasteiger partial charge in [0.1, 0.15) is 10.5 Å². The minimum atomic E-state index is 0.389. The number of aryl methyl sites for hydroxylation is 1. The lowest BCUT2D eigenvalue weighted by Crippen LogP contribution is -2.02. The van der Waals surface area contributed by atoms with Crippen molar-refractivity contribution in [3.05, 3.63) is 20.6 Å². The Bertz CT molecular complexity index is 357. The normalized spacial score (nSPS) is 10.8. The number of aromatic amines is 1. The molecule has 0 atom stereocenters. The van der Waals surface area contributed by atoms with E-state index in [9.17, 15) is 0 Å². The molecule has 0 spiro atoms. The van der Waals surface area contributed by atoms with Crippen LogP contribution in [-0.2, 0) is 6.42 Å². The molecule has 0 saturated carbocycles. The predicted octanol–water partition coefficient (Wildman–Crippen LogP) is 3.59. The van der Waals surface area contributed by atoms with Crippen LogP contribution in [0.1, 0.15) is 38.2 Å². The van der Waals surface area contributed by atoms with Crippen LogP contribution in [0.4, 0.5) is 0 Å². The van der Waals surface area contributed by atoms with Gasteiger partial charge < -0.3 is 4.98 Å². The lowest BCUT2D eigenvalue weighted by molar-refractivity contribution is 0.752. The van der Waals surface area contributed by atoms with E-state index in [1.807, 2.05) is 0 Å². The summed E-state index contributed by atoms with van der Waals surface area (Å²) in [6.45, 7) is 6.29. The van der Waals surface area contributed by atoms with Crippen LogP contribution in [0.15, 0.2) is 4.47 Å². The van der Waals surface area contributed by atoms with Gasteiger partial charge in [0.2, 0.25) is 0 Å². The summed E-state index contributed by atoms with van der Waals surface area (Å²) < 4.78 is 1.58. The minimum Gasteiger partial charge on any atom is -0.346 e. The largest absolute Gasteiger partial charge is 0.346 e. The average Bonchev–Trinajstić information content (AvgIpc) is 2.09. The molecule has 0 saturated heterocycles. The summed E-state index contributed by atoms with van der Waals surface area (Å²) in [7, 11) is 0. The first-order valence-corrected chi connectivity index (χ1v) is 5.55. The second kappa shape index (κ2) is 4.33. The van der Waals surface area contributed by atoms with Gasteiger partial charge in [-0.05, 0) is 22.4 Å². The van der Waals surface area contributed by atoms with E-state index in [1.165, 1.54) is 0 Å². The van der Waals surface area contributed by atoms with Gasteiger partial charge in [0.25, 0.3) is 0 Å². The number of hydrogen-bond donors (Lipinski definition) is 1. The summed E-state index contributed by atoms with van der Waals surface area (Å²) in [5.74, 6) is 1.35. The van der Waals surface area contributed by atoms with Crippen LogP contribution < -0.4 is 0 Å². The van der Waals surface area contributed by atoms with Crippen molar-refractivity contribution in [1.29, 1.82) is 0 Å².